The highest BCUT2D eigenvalue weighted by Gasteiger charge is 2.00. The van der Waals surface area contributed by atoms with Crippen molar-refractivity contribution in [3.8, 4) is 5.75 Å². The largest absolute Gasteiger partial charge is 0.494 e. The molecule has 0 aliphatic heterocycles. The van der Waals surface area contributed by atoms with Crippen LogP contribution in [0.1, 0.15) is 13.8 Å². The number of hydrogen-bond acceptors (Lipinski definition) is 5. The molecule has 5 nitrogen and oxygen atoms in total. The van der Waals surface area contributed by atoms with E-state index in [0.29, 0.717) is 26.4 Å². The maximum atomic E-state index is 11.0. The van der Waals surface area contributed by atoms with Crippen LogP contribution in [0.25, 0.3) is 0 Å². The van der Waals surface area contributed by atoms with Crippen molar-refractivity contribution in [2.45, 2.75) is 13.8 Å². The van der Waals surface area contributed by atoms with Gasteiger partial charge >= 0.3 is 5.97 Å². The van der Waals surface area contributed by atoms with Crippen molar-refractivity contribution >= 4 is 11.7 Å². The van der Waals surface area contributed by atoms with Crippen molar-refractivity contribution in [3.63, 3.8) is 0 Å². The Hall–Kier alpha value is -1.75. The minimum Gasteiger partial charge on any atom is -0.494 e. The van der Waals surface area contributed by atoms with Crippen LogP contribution in [0, 0.1) is 0 Å². The van der Waals surface area contributed by atoms with Crippen molar-refractivity contribution < 1.29 is 19.0 Å². The number of benzene rings is 1. The van der Waals surface area contributed by atoms with E-state index < -0.39 is 0 Å². The van der Waals surface area contributed by atoms with Crippen LogP contribution in [0.15, 0.2) is 24.3 Å². The van der Waals surface area contributed by atoms with Crippen LogP contribution >= 0.6 is 0 Å². The second-order valence-corrected chi connectivity index (χ2v) is 3.74. The molecule has 0 atom stereocenters. The monoisotopic (exact) mass is 267 g/mol. The first-order valence-electron chi connectivity index (χ1n) is 6.46. The summed E-state index contributed by atoms with van der Waals surface area (Å²) in [5.74, 6) is 0.523. The lowest BCUT2D eigenvalue weighted by Crippen LogP contribution is -2.16. The minimum atomic E-state index is -0.330. The molecule has 0 amide bonds. The summed E-state index contributed by atoms with van der Waals surface area (Å²) in [5.41, 5.74) is 0.989. The van der Waals surface area contributed by atoms with Crippen LogP contribution in [0.5, 0.6) is 5.75 Å². The quantitative estimate of drug-likeness (QED) is 0.548. The van der Waals surface area contributed by atoms with Crippen molar-refractivity contribution in [1.82, 2.24) is 0 Å². The molecule has 1 aromatic carbocycles. The highest BCUT2D eigenvalue weighted by molar-refractivity contribution is 5.70. The number of hydrogen-bond donors (Lipinski definition) is 1. The van der Waals surface area contributed by atoms with Crippen LogP contribution in [0.2, 0.25) is 0 Å². The lowest BCUT2D eigenvalue weighted by Gasteiger charge is -2.08. The standard InChI is InChI=1S/C14H21NO4/c1-3-18-13-7-5-12(6-8-13)15-9-10-17-11-14(16)19-4-2/h5-8,15H,3-4,9-11H2,1-2H3. The first kappa shape index (κ1) is 15.3. The maximum Gasteiger partial charge on any atom is 0.332 e. The summed E-state index contributed by atoms with van der Waals surface area (Å²) in [4.78, 5) is 11.0. The Labute approximate surface area is 113 Å². The number of nitrogens with one attached hydrogen (secondary N) is 1. The van der Waals surface area contributed by atoms with E-state index in [1.165, 1.54) is 0 Å². The van der Waals surface area contributed by atoms with E-state index in [1.807, 2.05) is 31.2 Å². The van der Waals surface area contributed by atoms with Gasteiger partial charge in [0.1, 0.15) is 12.4 Å². The van der Waals surface area contributed by atoms with E-state index in [1.54, 1.807) is 6.92 Å². The van der Waals surface area contributed by atoms with Gasteiger partial charge in [-0.25, -0.2) is 4.79 Å². The Balaban J connectivity index is 2.13. The molecule has 0 unspecified atom stereocenters. The third-order valence-electron chi connectivity index (χ3n) is 2.27. The fourth-order valence-corrected chi connectivity index (χ4v) is 1.46. The van der Waals surface area contributed by atoms with Gasteiger partial charge in [-0.1, -0.05) is 0 Å². The Morgan fingerprint density at radius 3 is 2.53 bits per heavy atom. The van der Waals surface area contributed by atoms with E-state index in [0.717, 1.165) is 11.4 Å². The van der Waals surface area contributed by atoms with Crippen LogP contribution in [0.3, 0.4) is 0 Å². The number of ether oxygens (including phenoxy) is 3. The van der Waals surface area contributed by atoms with Gasteiger partial charge < -0.3 is 19.5 Å². The highest BCUT2D eigenvalue weighted by atomic mass is 16.6. The van der Waals surface area contributed by atoms with E-state index in [4.69, 9.17) is 14.2 Å². The van der Waals surface area contributed by atoms with Crippen molar-refractivity contribution in [2.75, 3.05) is 38.3 Å². The van der Waals surface area contributed by atoms with Crippen LogP contribution < -0.4 is 10.1 Å². The summed E-state index contributed by atoms with van der Waals surface area (Å²) in [6.45, 7) is 5.84. The number of rotatable bonds is 9. The molecule has 0 saturated carbocycles. The molecule has 0 saturated heterocycles. The molecule has 0 aliphatic carbocycles. The smallest absolute Gasteiger partial charge is 0.332 e. The third kappa shape index (κ3) is 6.67. The van der Waals surface area contributed by atoms with Gasteiger partial charge in [0.25, 0.3) is 0 Å². The normalized spacial score (nSPS) is 10.0. The number of carbonyl (C=O) groups excluding carboxylic acids is 1. The Morgan fingerprint density at radius 2 is 1.89 bits per heavy atom. The fraction of sp³-hybridized carbons (Fsp3) is 0.500. The van der Waals surface area contributed by atoms with Crippen molar-refractivity contribution in [3.05, 3.63) is 24.3 Å². The van der Waals surface area contributed by atoms with E-state index >= 15 is 0 Å². The van der Waals surface area contributed by atoms with Crippen LogP contribution in [-0.4, -0.2) is 38.9 Å². The zero-order chi connectivity index (χ0) is 13.9. The van der Waals surface area contributed by atoms with E-state index in [9.17, 15) is 4.79 Å². The van der Waals surface area contributed by atoms with Crippen molar-refractivity contribution in [2.24, 2.45) is 0 Å². The maximum absolute atomic E-state index is 11.0. The van der Waals surface area contributed by atoms with Gasteiger partial charge in [0.15, 0.2) is 0 Å². The van der Waals surface area contributed by atoms with E-state index in [-0.39, 0.29) is 12.6 Å². The predicted octanol–water partition coefficient (Wildman–Crippen LogP) is 2.08. The number of carbonyl (C=O) groups is 1. The zero-order valence-electron chi connectivity index (χ0n) is 11.5. The van der Waals surface area contributed by atoms with Crippen molar-refractivity contribution in [1.29, 1.82) is 0 Å². The molecule has 0 fully saturated rings. The molecule has 0 bridgehead atoms. The average Bonchev–Trinajstić information content (AvgIpc) is 2.41. The number of anilines is 1. The molecular formula is C14H21NO4. The zero-order valence-corrected chi connectivity index (χ0v) is 11.5. The molecule has 0 aliphatic rings. The SMILES string of the molecule is CCOC(=O)COCCNc1ccc(OCC)cc1. The molecule has 1 aromatic rings. The molecule has 0 heterocycles. The first-order valence-corrected chi connectivity index (χ1v) is 6.46. The Bertz CT molecular complexity index is 364. The van der Waals surface area contributed by atoms with Gasteiger partial charge in [0.05, 0.1) is 19.8 Å². The van der Waals surface area contributed by atoms with Crippen LogP contribution in [0.4, 0.5) is 5.69 Å². The Morgan fingerprint density at radius 1 is 1.16 bits per heavy atom. The highest BCUT2D eigenvalue weighted by Crippen LogP contribution is 2.15. The van der Waals surface area contributed by atoms with Gasteiger partial charge in [-0.05, 0) is 38.1 Å². The number of esters is 1. The fourth-order valence-electron chi connectivity index (χ4n) is 1.46. The van der Waals surface area contributed by atoms with Gasteiger partial charge in [-0.15, -0.1) is 0 Å². The topological polar surface area (TPSA) is 56.8 Å². The van der Waals surface area contributed by atoms with Gasteiger partial charge in [-0.3, -0.25) is 0 Å². The molecule has 0 radical (unpaired) electrons. The third-order valence-corrected chi connectivity index (χ3v) is 2.27. The lowest BCUT2D eigenvalue weighted by molar-refractivity contribution is -0.148. The van der Waals surface area contributed by atoms with E-state index in [2.05, 4.69) is 5.32 Å². The van der Waals surface area contributed by atoms with Gasteiger partial charge in [0.2, 0.25) is 0 Å². The summed E-state index contributed by atoms with van der Waals surface area (Å²) >= 11 is 0. The Kier molecular flexibility index (Phi) is 7.43. The molecule has 5 heteroatoms. The summed E-state index contributed by atoms with van der Waals surface area (Å²) in [7, 11) is 0. The van der Waals surface area contributed by atoms with Gasteiger partial charge in [0, 0.05) is 12.2 Å². The van der Waals surface area contributed by atoms with Crippen LogP contribution in [-0.2, 0) is 14.3 Å². The van der Waals surface area contributed by atoms with Gasteiger partial charge in [-0.2, -0.15) is 0 Å². The summed E-state index contributed by atoms with van der Waals surface area (Å²) in [6.07, 6.45) is 0. The molecule has 0 aromatic heterocycles. The predicted molar refractivity (Wildman–Crippen MR) is 73.6 cm³/mol. The second kappa shape index (κ2) is 9.22. The molecule has 1 N–H and O–H groups in total. The first-order chi connectivity index (χ1) is 9.26. The molecule has 106 valence electrons. The average molecular weight is 267 g/mol. The summed E-state index contributed by atoms with van der Waals surface area (Å²) in [5, 5.41) is 3.19. The molecule has 19 heavy (non-hydrogen) atoms. The summed E-state index contributed by atoms with van der Waals surface area (Å²) in [6, 6.07) is 7.70. The molecule has 1 rings (SSSR count). The lowest BCUT2D eigenvalue weighted by atomic mass is 10.3. The second-order valence-electron chi connectivity index (χ2n) is 3.74. The molecule has 0 spiro atoms. The summed E-state index contributed by atoms with van der Waals surface area (Å²) < 4.78 is 15.3. The minimum absolute atomic E-state index is 0.00119. The molecular weight excluding hydrogens is 246 g/mol.